The predicted molar refractivity (Wildman–Crippen MR) is 119 cm³/mol. The summed E-state index contributed by atoms with van der Waals surface area (Å²) in [5.74, 6) is 0.0586. The van der Waals surface area contributed by atoms with E-state index in [0.717, 1.165) is 37.5 Å². The third kappa shape index (κ3) is 6.75. The lowest BCUT2D eigenvalue weighted by molar-refractivity contribution is 0.0526. The first-order chi connectivity index (χ1) is 14.5. The summed E-state index contributed by atoms with van der Waals surface area (Å²) in [4.78, 5) is 26.5. The fourth-order valence-corrected chi connectivity index (χ4v) is 3.81. The van der Waals surface area contributed by atoms with Crippen LogP contribution >= 0.6 is 11.6 Å². The Bertz CT molecular complexity index is 866. The molecule has 160 valence electrons. The topological polar surface area (TPSA) is 70.7 Å². The van der Waals surface area contributed by atoms with E-state index in [4.69, 9.17) is 16.3 Å². The van der Waals surface area contributed by atoms with Crippen molar-refractivity contribution in [3.05, 3.63) is 64.7 Å². The Kier molecular flexibility index (Phi) is 8.11. The van der Waals surface area contributed by atoms with E-state index in [9.17, 15) is 9.59 Å². The highest BCUT2D eigenvalue weighted by molar-refractivity contribution is 6.30. The molecule has 6 nitrogen and oxygen atoms in total. The summed E-state index contributed by atoms with van der Waals surface area (Å²) in [6, 6.07) is 14.5. The van der Waals surface area contributed by atoms with E-state index in [2.05, 4.69) is 21.6 Å². The lowest BCUT2D eigenvalue weighted by Crippen LogP contribution is -2.39. The summed E-state index contributed by atoms with van der Waals surface area (Å²) in [6.45, 7) is 5.61. The molecule has 0 aliphatic carbocycles. The molecule has 2 amide bonds. The van der Waals surface area contributed by atoms with Gasteiger partial charge in [-0.2, -0.15) is 0 Å². The normalized spacial score (nSPS) is 14.9. The summed E-state index contributed by atoms with van der Waals surface area (Å²) in [5.41, 5.74) is 2.21. The van der Waals surface area contributed by atoms with Gasteiger partial charge in [-0.1, -0.05) is 29.8 Å². The predicted octanol–water partition coefficient (Wildman–Crippen LogP) is 4.55. The van der Waals surface area contributed by atoms with Crippen molar-refractivity contribution in [1.29, 1.82) is 0 Å². The second kappa shape index (κ2) is 11.0. The molecule has 0 saturated carbocycles. The van der Waals surface area contributed by atoms with Crippen molar-refractivity contribution in [2.24, 2.45) is 5.92 Å². The molecule has 1 aliphatic heterocycles. The van der Waals surface area contributed by atoms with Gasteiger partial charge in [0.15, 0.2) is 0 Å². The highest BCUT2D eigenvalue weighted by Gasteiger charge is 2.20. The maximum Gasteiger partial charge on any atom is 0.338 e. The average molecular weight is 430 g/mol. The smallest absolute Gasteiger partial charge is 0.338 e. The van der Waals surface area contributed by atoms with Gasteiger partial charge in [0.2, 0.25) is 0 Å². The van der Waals surface area contributed by atoms with Crippen molar-refractivity contribution in [2.75, 3.05) is 31.6 Å². The molecule has 1 heterocycles. The Balaban J connectivity index is 1.40. The van der Waals surface area contributed by atoms with Gasteiger partial charge in [-0.3, -0.25) is 4.90 Å². The molecule has 0 unspecified atom stereocenters. The van der Waals surface area contributed by atoms with Crippen molar-refractivity contribution in [3.8, 4) is 0 Å². The van der Waals surface area contributed by atoms with Crippen LogP contribution < -0.4 is 10.6 Å². The molecule has 1 saturated heterocycles. The first kappa shape index (κ1) is 22.1. The average Bonchev–Trinajstić information content (AvgIpc) is 2.74. The molecular weight excluding hydrogens is 402 g/mol. The fourth-order valence-electron chi connectivity index (χ4n) is 3.59. The van der Waals surface area contributed by atoms with Crippen LogP contribution in [-0.2, 0) is 11.3 Å². The van der Waals surface area contributed by atoms with Gasteiger partial charge in [0, 0.05) is 23.8 Å². The Morgan fingerprint density at radius 2 is 1.90 bits per heavy atom. The molecule has 0 radical (unpaired) electrons. The van der Waals surface area contributed by atoms with Crippen molar-refractivity contribution in [1.82, 2.24) is 10.2 Å². The molecule has 30 heavy (non-hydrogen) atoms. The van der Waals surface area contributed by atoms with E-state index in [1.165, 1.54) is 5.56 Å². The Labute approximate surface area is 182 Å². The maximum absolute atomic E-state index is 12.2. The van der Waals surface area contributed by atoms with Gasteiger partial charge in [0.05, 0.1) is 12.2 Å². The second-order valence-electron chi connectivity index (χ2n) is 7.49. The summed E-state index contributed by atoms with van der Waals surface area (Å²) < 4.78 is 4.99. The van der Waals surface area contributed by atoms with Gasteiger partial charge in [-0.15, -0.1) is 0 Å². The second-order valence-corrected chi connectivity index (χ2v) is 7.92. The quantitative estimate of drug-likeness (QED) is 0.633. The number of carbonyl (C=O) groups is 2. The Morgan fingerprint density at radius 3 is 2.63 bits per heavy atom. The first-order valence-electron chi connectivity index (χ1n) is 10.3. The molecule has 0 aromatic heterocycles. The van der Waals surface area contributed by atoms with Gasteiger partial charge < -0.3 is 15.4 Å². The largest absolute Gasteiger partial charge is 0.462 e. The monoisotopic (exact) mass is 429 g/mol. The minimum absolute atomic E-state index is 0.266. The van der Waals surface area contributed by atoms with E-state index in [1.807, 2.05) is 18.2 Å². The molecule has 2 aromatic carbocycles. The summed E-state index contributed by atoms with van der Waals surface area (Å²) in [5, 5.41) is 6.50. The van der Waals surface area contributed by atoms with Gasteiger partial charge in [-0.25, -0.2) is 9.59 Å². The SMILES string of the molecule is CCOC(=O)c1cccc(NC(=O)NCC2CCN(Cc3cccc(Cl)c3)CC2)c1. The lowest BCUT2D eigenvalue weighted by atomic mass is 9.96. The van der Waals surface area contributed by atoms with Crippen LogP contribution in [-0.4, -0.2) is 43.1 Å². The van der Waals surface area contributed by atoms with Crippen LogP contribution in [0.4, 0.5) is 10.5 Å². The molecule has 1 fully saturated rings. The number of halogens is 1. The number of amides is 2. The number of carbonyl (C=O) groups excluding carboxylic acids is 2. The Morgan fingerprint density at radius 1 is 1.13 bits per heavy atom. The lowest BCUT2D eigenvalue weighted by Gasteiger charge is -2.32. The zero-order chi connectivity index (χ0) is 21.3. The Hall–Kier alpha value is -2.57. The zero-order valence-corrected chi connectivity index (χ0v) is 18.0. The van der Waals surface area contributed by atoms with Crippen molar-refractivity contribution >= 4 is 29.3 Å². The van der Waals surface area contributed by atoms with Gasteiger partial charge in [0.25, 0.3) is 0 Å². The van der Waals surface area contributed by atoms with Gasteiger partial charge >= 0.3 is 12.0 Å². The van der Waals surface area contributed by atoms with Crippen LogP contribution in [0.5, 0.6) is 0 Å². The molecule has 2 N–H and O–H groups in total. The number of ether oxygens (including phenoxy) is 1. The minimum Gasteiger partial charge on any atom is -0.462 e. The van der Waals surface area contributed by atoms with Crippen LogP contribution in [0.15, 0.2) is 48.5 Å². The summed E-state index contributed by atoms with van der Waals surface area (Å²) in [6.07, 6.45) is 2.08. The summed E-state index contributed by atoms with van der Waals surface area (Å²) >= 11 is 6.07. The number of nitrogens with zero attached hydrogens (tertiary/aromatic N) is 1. The van der Waals surface area contributed by atoms with Crippen molar-refractivity contribution < 1.29 is 14.3 Å². The molecule has 7 heteroatoms. The molecular formula is C23H28ClN3O3. The highest BCUT2D eigenvalue weighted by atomic mass is 35.5. The van der Waals surface area contributed by atoms with E-state index in [0.29, 0.717) is 30.3 Å². The molecule has 1 aliphatic rings. The number of likely N-dealkylation sites (tertiary alicyclic amines) is 1. The van der Waals surface area contributed by atoms with E-state index in [1.54, 1.807) is 31.2 Å². The van der Waals surface area contributed by atoms with Crippen molar-refractivity contribution in [2.45, 2.75) is 26.3 Å². The number of anilines is 1. The molecule has 0 spiro atoms. The van der Waals surface area contributed by atoms with Gasteiger partial charge in [-0.05, 0) is 74.7 Å². The number of hydrogen-bond donors (Lipinski definition) is 2. The molecule has 2 aromatic rings. The van der Waals surface area contributed by atoms with Crippen LogP contribution in [0.1, 0.15) is 35.7 Å². The molecule has 3 rings (SSSR count). The van der Waals surface area contributed by atoms with Crippen LogP contribution in [0.25, 0.3) is 0 Å². The van der Waals surface area contributed by atoms with Crippen LogP contribution in [0.3, 0.4) is 0 Å². The first-order valence-corrected chi connectivity index (χ1v) is 10.7. The third-order valence-electron chi connectivity index (χ3n) is 5.19. The molecule has 0 atom stereocenters. The van der Waals surface area contributed by atoms with E-state index >= 15 is 0 Å². The highest BCUT2D eigenvalue weighted by Crippen LogP contribution is 2.20. The van der Waals surface area contributed by atoms with E-state index < -0.39 is 5.97 Å². The minimum atomic E-state index is -0.397. The standard InChI is InChI=1S/C23H28ClN3O3/c1-2-30-22(28)19-6-4-8-21(14-19)26-23(29)25-15-17-9-11-27(12-10-17)16-18-5-3-7-20(24)13-18/h3-8,13-14,17H,2,9-12,15-16H2,1H3,(H2,25,26,29). The molecule has 0 bridgehead atoms. The number of urea groups is 1. The number of hydrogen-bond acceptors (Lipinski definition) is 4. The van der Waals surface area contributed by atoms with E-state index in [-0.39, 0.29) is 6.03 Å². The number of esters is 1. The summed E-state index contributed by atoms with van der Waals surface area (Å²) in [7, 11) is 0. The number of piperidine rings is 1. The van der Waals surface area contributed by atoms with Crippen LogP contribution in [0.2, 0.25) is 5.02 Å². The maximum atomic E-state index is 12.2. The van der Waals surface area contributed by atoms with Gasteiger partial charge in [0.1, 0.15) is 0 Å². The third-order valence-corrected chi connectivity index (χ3v) is 5.42. The fraction of sp³-hybridized carbons (Fsp3) is 0.391. The number of rotatable bonds is 7. The van der Waals surface area contributed by atoms with Crippen molar-refractivity contribution in [3.63, 3.8) is 0 Å². The zero-order valence-electron chi connectivity index (χ0n) is 17.2. The van der Waals surface area contributed by atoms with Crippen LogP contribution in [0, 0.1) is 5.92 Å². The number of benzene rings is 2. The number of nitrogens with one attached hydrogen (secondary N) is 2.